The van der Waals surface area contributed by atoms with Crippen LogP contribution in [0.5, 0.6) is 0 Å². The first kappa shape index (κ1) is 9.26. The number of rotatable bonds is 2. The average Bonchev–Trinajstić information content (AvgIpc) is 2.06. The van der Waals surface area contributed by atoms with Crippen LogP contribution in [0.15, 0.2) is 11.6 Å². The lowest BCUT2D eigenvalue weighted by Gasteiger charge is -2.19. The number of hydrogen-bond acceptors (Lipinski definition) is 2. The van der Waals surface area contributed by atoms with E-state index in [4.69, 9.17) is 4.74 Å². The molecular weight excluding hydrogens is 154 g/mol. The average molecular weight is 169 g/mol. The molecule has 1 aliphatic heterocycles. The zero-order chi connectivity index (χ0) is 8.97. The molecular formula is C9H15NO2. The van der Waals surface area contributed by atoms with Gasteiger partial charge in [-0.2, -0.15) is 0 Å². The van der Waals surface area contributed by atoms with Crippen LogP contribution < -0.4 is 0 Å². The van der Waals surface area contributed by atoms with Gasteiger partial charge in [0.2, 0.25) is 5.91 Å². The second-order valence-corrected chi connectivity index (χ2v) is 3.08. The van der Waals surface area contributed by atoms with Crippen molar-refractivity contribution in [2.24, 2.45) is 0 Å². The lowest BCUT2D eigenvalue weighted by atomic mass is 10.2. The van der Waals surface area contributed by atoms with E-state index in [1.54, 1.807) is 18.9 Å². The summed E-state index contributed by atoms with van der Waals surface area (Å²) >= 11 is 0. The van der Waals surface area contributed by atoms with E-state index in [1.165, 1.54) is 5.57 Å². The molecule has 0 N–H and O–H groups in total. The van der Waals surface area contributed by atoms with Crippen molar-refractivity contribution >= 4 is 5.91 Å². The van der Waals surface area contributed by atoms with E-state index >= 15 is 0 Å². The summed E-state index contributed by atoms with van der Waals surface area (Å²) in [5.74, 6) is 0.0986. The van der Waals surface area contributed by atoms with Crippen molar-refractivity contribution in [3.63, 3.8) is 0 Å². The predicted molar refractivity (Wildman–Crippen MR) is 46.8 cm³/mol. The third kappa shape index (κ3) is 2.66. The van der Waals surface area contributed by atoms with E-state index < -0.39 is 0 Å². The van der Waals surface area contributed by atoms with Gasteiger partial charge in [-0.05, 0) is 12.0 Å². The van der Waals surface area contributed by atoms with Crippen LogP contribution in [0.25, 0.3) is 0 Å². The summed E-state index contributed by atoms with van der Waals surface area (Å²) in [6.07, 6.45) is 3.13. The van der Waals surface area contributed by atoms with Gasteiger partial charge in [0.25, 0.3) is 0 Å². The minimum Gasteiger partial charge on any atom is -0.377 e. The summed E-state index contributed by atoms with van der Waals surface area (Å²) in [4.78, 5) is 12.6. The molecule has 1 heterocycles. The Balaban J connectivity index is 2.39. The molecule has 0 saturated carbocycles. The Morgan fingerprint density at radius 2 is 2.50 bits per heavy atom. The van der Waals surface area contributed by atoms with Crippen LogP contribution in [-0.2, 0) is 9.53 Å². The number of hydrogen-bond donors (Lipinski definition) is 0. The fourth-order valence-corrected chi connectivity index (χ4v) is 1.13. The molecule has 0 atom stereocenters. The van der Waals surface area contributed by atoms with E-state index in [9.17, 15) is 4.79 Å². The smallest absolute Gasteiger partial charge is 0.219 e. The van der Waals surface area contributed by atoms with Crippen molar-refractivity contribution in [1.82, 2.24) is 4.90 Å². The number of carbonyl (C=O) groups excluding carboxylic acids is 1. The molecule has 0 radical (unpaired) electrons. The second kappa shape index (κ2) is 4.26. The van der Waals surface area contributed by atoms with Gasteiger partial charge in [-0.1, -0.05) is 6.08 Å². The van der Waals surface area contributed by atoms with E-state index in [-0.39, 0.29) is 5.91 Å². The van der Waals surface area contributed by atoms with Crippen molar-refractivity contribution in [3.05, 3.63) is 11.6 Å². The summed E-state index contributed by atoms with van der Waals surface area (Å²) in [5, 5.41) is 0. The molecule has 1 amide bonds. The van der Waals surface area contributed by atoms with Gasteiger partial charge in [0.15, 0.2) is 0 Å². The first-order valence-corrected chi connectivity index (χ1v) is 4.17. The summed E-state index contributed by atoms with van der Waals surface area (Å²) in [5.41, 5.74) is 1.21. The maximum atomic E-state index is 10.9. The number of ether oxygens (including phenoxy) is 1. The first-order valence-electron chi connectivity index (χ1n) is 4.17. The van der Waals surface area contributed by atoms with Crippen LogP contribution in [-0.4, -0.2) is 37.6 Å². The van der Waals surface area contributed by atoms with Crippen molar-refractivity contribution < 1.29 is 9.53 Å². The molecule has 3 nitrogen and oxygen atoms in total. The van der Waals surface area contributed by atoms with E-state index in [2.05, 4.69) is 6.08 Å². The summed E-state index contributed by atoms with van der Waals surface area (Å²) in [6.45, 7) is 3.77. The van der Waals surface area contributed by atoms with Gasteiger partial charge in [0.1, 0.15) is 0 Å². The molecule has 1 rings (SSSR count). The monoisotopic (exact) mass is 169 g/mol. The minimum atomic E-state index is 0.0986. The standard InChI is InChI=1S/C9H15NO2/c1-8(11)10(2)6-9-4-3-5-12-7-9/h4H,3,5-7H2,1-2H3. The molecule has 0 bridgehead atoms. The molecule has 0 aliphatic carbocycles. The number of likely N-dealkylation sites (N-methyl/N-ethyl adjacent to an activating group) is 1. The Morgan fingerprint density at radius 3 is 3.00 bits per heavy atom. The number of carbonyl (C=O) groups is 1. The van der Waals surface area contributed by atoms with Gasteiger partial charge in [-0.25, -0.2) is 0 Å². The number of nitrogens with zero attached hydrogens (tertiary/aromatic N) is 1. The normalized spacial score (nSPS) is 17.0. The minimum absolute atomic E-state index is 0.0986. The molecule has 1 aliphatic rings. The van der Waals surface area contributed by atoms with Crippen molar-refractivity contribution in [2.45, 2.75) is 13.3 Å². The summed E-state index contributed by atoms with van der Waals surface area (Å²) < 4.78 is 5.26. The molecule has 0 unspecified atom stereocenters. The van der Waals surface area contributed by atoms with E-state index in [1.807, 2.05) is 0 Å². The van der Waals surface area contributed by atoms with Crippen LogP contribution in [0.2, 0.25) is 0 Å². The van der Waals surface area contributed by atoms with Crippen LogP contribution in [0.3, 0.4) is 0 Å². The molecule has 3 heteroatoms. The van der Waals surface area contributed by atoms with Gasteiger partial charge in [-0.3, -0.25) is 4.79 Å². The second-order valence-electron chi connectivity index (χ2n) is 3.08. The Labute approximate surface area is 73.0 Å². The predicted octanol–water partition coefficient (Wildman–Crippen LogP) is 0.811. The van der Waals surface area contributed by atoms with Crippen molar-refractivity contribution in [2.75, 3.05) is 26.8 Å². The molecule has 0 aromatic heterocycles. The van der Waals surface area contributed by atoms with Crippen LogP contribution in [0, 0.1) is 0 Å². The fraction of sp³-hybridized carbons (Fsp3) is 0.667. The van der Waals surface area contributed by atoms with E-state index in [0.717, 1.165) is 13.0 Å². The van der Waals surface area contributed by atoms with Gasteiger partial charge in [0.05, 0.1) is 13.2 Å². The fourth-order valence-electron chi connectivity index (χ4n) is 1.13. The quantitative estimate of drug-likeness (QED) is 0.572. The van der Waals surface area contributed by atoms with Gasteiger partial charge in [-0.15, -0.1) is 0 Å². The highest BCUT2D eigenvalue weighted by atomic mass is 16.5. The van der Waals surface area contributed by atoms with Crippen LogP contribution in [0.4, 0.5) is 0 Å². The summed E-state index contributed by atoms with van der Waals surface area (Å²) in [6, 6.07) is 0. The Hall–Kier alpha value is -0.830. The van der Waals surface area contributed by atoms with Crippen molar-refractivity contribution in [3.8, 4) is 0 Å². The number of amides is 1. The molecule has 0 spiro atoms. The summed E-state index contributed by atoms with van der Waals surface area (Å²) in [7, 11) is 1.80. The lowest BCUT2D eigenvalue weighted by Crippen LogP contribution is -2.28. The lowest BCUT2D eigenvalue weighted by molar-refractivity contribution is -0.127. The molecule has 12 heavy (non-hydrogen) atoms. The maximum Gasteiger partial charge on any atom is 0.219 e. The molecule has 0 aromatic rings. The van der Waals surface area contributed by atoms with Gasteiger partial charge < -0.3 is 9.64 Å². The highest BCUT2D eigenvalue weighted by molar-refractivity contribution is 5.73. The Bertz CT molecular complexity index is 199. The zero-order valence-electron chi connectivity index (χ0n) is 7.67. The molecule has 68 valence electrons. The molecule has 0 saturated heterocycles. The third-order valence-corrected chi connectivity index (χ3v) is 1.96. The first-order chi connectivity index (χ1) is 5.70. The molecule has 0 aromatic carbocycles. The third-order valence-electron chi connectivity index (χ3n) is 1.96. The van der Waals surface area contributed by atoms with Crippen LogP contribution in [0.1, 0.15) is 13.3 Å². The Kier molecular flexibility index (Phi) is 3.29. The van der Waals surface area contributed by atoms with Gasteiger partial charge >= 0.3 is 0 Å². The molecule has 0 fully saturated rings. The largest absolute Gasteiger partial charge is 0.377 e. The highest BCUT2D eigenvalue weighted by Crippen LogP contribution is 2.06. The van der Waals surface area contributed by atoms with Gasteiger partial charge in [0, 0.05) is 20.5 Å². The maximum absolute atomic E-state index is 10.9. The highest BCUT2D eigenvalue weighted by Gasteiger charge is 2.08. The zero-order valence-corrected chi connectivity index (χ0v) is 7.67. The SMILES string of the molecule is CC(=O)N(C)CC1=CCCOC1. The van der Waals surface area contributed by atoms with Crippen LogP contribution >= 0.6 is 0 Å². The Morgan fingerprint density at radius 1 is 1.75 bits per heavy atom. The van der Waals surface area contributed by atoms with Crippen molar-refractivity contribution in [1.29, 1.82) is 0 Å². The van der Waals surface area contributed by atoms with E-state index in [0.29, 0.717) is 13.2 Å². The topological polar surface area (TPSA) is 29.5 Å².